The first-order chi connectivity index (χ1) is 6.83. The fourth-order valence-corrected chi connectivity index (χ4v) is 1.55. The van der Waals surface area contributed by atoms with Crippen molar-refractivity contribution in [2.75, 3.05) is 7.11 Å². The van der Waals surface area contributed by atoms with E-state index in [-0.39, 0.29) is 0 Å². The summed E-state index contributed by atoms with van der Waals surface area (Å²) < 4.78 is 2.10. The van der Waals surface area contributed by atoms with Crippen LogP contribution in [0.3, 0.4) is 0 Å². The van der Waals surface area contributed by atoms with E-state index >= 15 is 0 Å². The first-order valence-electron chi connectivity index (χ1n) is 4.50. The summed E-state index contributed by atoms with van der Waals surface area (Å²) in [5.74, 6) is 0. The Morgan fingerprint density at radius 2 is 2.36 bits per heavy atom. The molecule has 0 aliphatic carbocycles. The van der Waals surface area contributed by atoms with Crippen molar-refractivity contribution in [3.8, 4) is 0 Å². The molecule has 0 amide bonds. The van der Waals surface area contributed by atoms with Crippen molar-refractivity contribution in [3.05, 3.63) is 35.8 Å². The lowest BCUT2D eigenvalue weighted by Gasteiger charge is -2.06. The number of fused-ring (bicyclic) bond motifs is 1. The quantitative estimate of drug-likeness (QED) is 0.743. The molecule has 74 valence electrons. The van der Waals surface area contributed by atoms with E-state index in [0.29, 0.717) is 6.54 Å². The van der Waals surface area contributed by atoms with Crippen LogP contribution in [-0.4, -0.2) is 16.5 Å². The van der Waals surface area contributed by atoms with Gasteiger partial charge in [-0.25, -0.2) is 4.98 Å². The van der Waals surface area contributed by atoms with Crippen LogP contribution < -0.4 is 5.48 Å². The second kappa shape index (κ2) is 3.77. The van der Waals surface area contributed by atoms with Crippen LogP contribution in [0.1, 0.15) is 11.4 Å². The largest absolute Gasteiger partial charge is 0.305 e. The van der Waals surface area contributed by atoms with Gasteiger partial charge in [-0.3, -0.25) is 4.40 Å². The lowest BCUT2D eigenvalue weighted by Crippen LogP contribution is -2.13. The van der Waals surface area contributed by atoms with Gasteiger partial charge in [-0.05, 0) is 19.1 Å². The van der Waals surface area contributed by atoms with E-state index in [2.05, 4.69) is 14.9 Å². The number of imidazole rings is 1. The SMILES string of the molecule is CONCc1cccc2ncc(C)n12. The summed E-state index contributed by atoms with van der Waals surface area (Å²) in [5.41, 5.74) is 6.07. The van der Waals surface area contributed by atoms with Gasteiger partial charge in [0.1, 0.15) is 5.65 Å². The standard InChI is InChI=1S/C10H13N3O/c1-8-6-11-10-5-3-4-9(13(8)10)7-12-14-2/h3-6,12H,7H2,1-2H3. The third-order valence-electron chi connectivity index (χ3n) is 2.18. The van der Waals surface area contributed by atoms with Crippen LogP contribution in [0.15, 0.2) is 24.4 Å². The molecular weight excluding hydrogens is 178 g/mol. The smallest absolute Gasteiger partial charge is 0.137 e. The molecule has 2 aromatic rings. The second-order valence-corrected chi connectivity index (χ2v) is 3.14. The van der Waals surface area contributed by atoms with E-state index in [1.165, 1.54) is 0 Å². The van der Waals surface area contributed by atoms with Crippen molar-refractivity contribution in [1.29, 1.82) is 0 Å². The van der Waals surface area contributed by atoms with Gasteiger partial charge in [0.15, 0.2) is 0 Å². The van der Waals surface area contributed by atoms with Crippen LogP contribution in [0.25, 0.3) is 5.65 Å². The maximum atomic E-state index is 4.83. The Morgan fingerprint density at radius 3 is 3.14 bits per heavy atom. The number of nitrogens with zero attached hydrogens (tertiary/aromatic N) is 2. The molecule has 0 aromatic carbocycles. The highest BCUT2D eigenvalue weighted by Gasteiger charge is 2.02. The molecule has 0 aliphatic rings. The summed E-state index contributed by atoms with van der Waals surface area (Å²) in [5, 5.41) is 0. The van der Waals surface area contributed by atoms with Gasteiger partial charge in [0.05, 0.1) is 13.7 Å². The molecule has 4 nitrogen and oxygen atoms in total. The van der Waals surface area contributed by atoms with E-state index in [0.717, 1.165) is 17.0 Å². The average molecular weight is 191 g/mol. The van der Waals surface area contributed by atoms with Crippen molar-refractivity contribution in [2.24, 2.45) is 0 Å². The number of hydroxylamine groups is 1. The summed E-state index contributed by atoms with van der Waals surface area (Å²) in [4.78, 5) is 9.11. The van der Waals surface area contributed by atoms with E-state index in [4.69, 9.17) is 4.84 Å². The summed E-state index contributed by atoms with van der Waals surface area (Å²) in [6, 6.07) is 6.03. The van der Waals surface area contributed by atoms with E-state index in [1.54, 1.807) is 7.11 Å². The van der Waals surface area contributed by atoms with Crippen molar-refractivity contribution < 1.29 is 4.84 Å². The van der Waals surface area contributed by atoms with Gasteiger partial charge in [-0.1, -0.05) is 6.07 Å². The van der Waals surface area contributed by atoms with Gasteiger partial charge in [0.25, 0.3) is 0 Å². The zero-order valence-corrected chi connectivity index (χ0v) is 8.32. The second-order valence-electron chi connectivity index (χ2n) is 3.14. The van der Waals surface area contributed by atoms with Crippen LogP contribution in [0.2, 0.25) is 0 Å². The maximum Gasteiger partial charge on any atom is 0.137 e. The molecular formula is C10H13N3O. The van der Waals surface area contributed by atoms with E-state index < -0.39 is 0 Å². The maximum absolute atomic E-state index is 4.83. The monoisotopic (exact) mass is 191 g/mol. The topological polar surface area (TPSA) is 38.6 Å². The van der Waals surface area contributed by atoms with Crippen LogP contribution in [0, 0.1) is 6.92 Å². The Hall–Kier alpha value is -1.39. The summed E-state index contributed by atoms with van der Waals surface area (Å²) in [6.07, 6.45) is 1.87. The minimum atomic E-state index is 0.672. The number of hydrogen-bond acceptors (Lipinski definition) is 3. The van der Waals surface area contributed by atoms with Crippen LogP contribution in [0.4, 0.5) is 0 Å². The molecule has 0 radical (unpaired) electrons. The third-order valence-corrected chi connectivity index (χ3v) is 2.18. The normalized spacial score (nSPS) is 11.0. The van der Waals surface area contributed by atoms with Gasteiger partial charge in [-0.2, -0.15) is 5.48 Å². The van der Waals surface area contributed by atoms with Gasteiger partial charge >= 0.3 is 0 Å². The highest BCUT2D eigenvalue weighted by molar-refractivity contribution is 5.42. The van der Waals surface area contributed by atoms with Gasteiger partial charge in [-0.15, -0.1) is 0 Å². The molecule has 0 spiro atoms. The minimum Gasteiger partial charge on any atom is -0.305 e. The van der Waals surface area contributed by atoms with Crippen molar-refractivity contribution in [2.45, 2.75) is 13.5 Å². The Kier molecular flexibility index (Phi) is 2.47. The third kappa shape index (κ3) is 1.49. The van der Waals surface area contributed by atoms with Crippen molar-refractivity contribution in [3.63, 3.8) is 0 Å². The van der Waals surface area contributed by atoms with Gasteiger partial charge in [0, 0.05) is 17.6 Å². The molecule has 14 heavy (non-hydrogen) atoms. The minimum absolute atomic E-state index is 0.672. The molecule has 0 saturated heterocycles. The molecule has 0 bridgehead atoms. The number of nitrogens with one attached hydrogen (secondary N) is 1. The van der Waals surface area contributed by atoms with Crippen molar-refractivity contribution in [1.82, 2.24) is 14.9 Å². The fourth-order valence-electron chi connectivity index (χ4n) is 1.55. The number of aromatic nitrogens is 2. The molecule has 2 heterocycles. The van der Waals surface area contributed by atoms with Crippen LogP contribution in [0.5, 0.6) is 0 Å². The highest BCUT2D eigenvalue weighted by Crippen LogP contribution is 2.09. The fraction of sp³-hybridized carbons (Fsp3) is 0.300. The molecule has 0 atom stereocenters. The predicted molar refractivity (Wildman–Crippen MR) is 53.8 cm³/mol. The molecule has 1 N–H and O–H groups in total. The van der Waals surface area contributed by atoms with Crippen molar-refractivity contribution >= 4 is 5.65 Å². The molecule has 2 aromatic heterocycles. The molecule has 4 heteroatoms. The number of rotatable bonds is 3. The molecule has 0 saturated carbocycles. The van der Waals surface area contributed by atoms with Gasteiger partial charge < -0.3 is 4.84 Å². The molecule has 2 rings (SSSR count). The lowest BCUT2D eigenvalue weighted by molar-refractivity contribution is 0.0856. The van der Waals surface area contributed by atoms with Crippen LogP contribution >= 0.6 is 0 Å². The zero-order chi connectivity index (χ0) is 9.97. The number of pyridine rings is 1. The Bertz CT molecular complexity index is 436. The summed E-state index contributed by atoms with van der Waals surface area (Å²) >= 11 is 0. The zero-order valence-electron chi connectivity index (χ0n) is 8.32. The van der Waals surface area contributed by atoms with E-state index in [1.807, 2.05) is 31.3 Å². The Labute approximate surface area is 82.5 Å². The average Bonchev–Trinajstić information content (AvgIpc) is 2.58. The van der Waals surface area contributed by atoms with Gasteiger partial charge in [0.2, 0.25) is 0 Å². The summed E-state index contributed by atoms with van der Waals surface area (Å²) in [7, 11) is 1.61. The first-order valence-corrected chi connectivity index (χ1v) is 4.50. The van der Waals surface area contributed by atoms with E-state index in [9.17, 15) is 0 Å². The Morgan fingerprint density at radius 1 is 1.50 bits per heavy atom. The molecule has 0 unspecified atom stereocenters. The molecule has 0 aliphatic heterocycles. The Balaban J connectivity index is 2.46. The van der Waals surface area contributed by atoms with Crippen LogP contribution in [-0.2, 0) is 11.4 Å². The predicted octanol–water partition coefficient (Wildman–Crippen LogP) is 1.29. The lowest BCUT2D eigenvalue weighted by atomic mass is 10.3. The highest BCUT2D eigenvalue weighted by atomic mass is 16.6. The summed E-state index contributed by atoms with van der Waals surface area (Å²) in [6.45, 7) is 2.71. The number of aryl methyl sites for hydroxylation is 1. The number of hydrogen-bond donors (Lipinski definition) is 1. The first kappa shape index (κ1) is 9.18. The molecule has 0 fully saturated rings.